The lowest BCUT2D eigenvalue weighted by molar-refractivity contribution is -0.123. The van der Waals surface area contributed by atoms with E-state index in [0.29, 0.717) is 24.3 Å². The second-order valence-corrected chi connectivity index (χ2v) is 8.19. The number of nitrogens with one attached hydrogen (secondary N) is 2. The molecule has 0 heterocycles. The summed E-state index contributed by atoms with van der Waals surface area (Å²) in [6, 6.07) is 5.70. The third-order valence-corrected chi connectivity index (χ3v) is 5.46. The zero-order valence-electron chi connectivity index (χ0n) is 16.8. The zero-order chi connectivity index (χ0) is 19.3. The maximum Gasteiger partial charge on any atom is 0.227 e. The Morgan fingerprint density at radius 1 is 1.27 bits per heavy atom. The Kier molecular flexibility index (Phi) is 7.33. The van der Waals surface area contributed by atoms with Gasteiger partial charge in [0.25, 0.3) is 0 Å². The Hall–Kier alpha value is -1.75. The van der Waals surface area contributed by atoms with E-state index in [0.717, 1.165) is 30.0 Å². The number of rotatable bonds is 7. The standard InChI is InChI=1S/C21H35N3O2/c1-13(2)17-8-6-14(3)10-18(17)21(25)24-19-9-7-16(26-5)11-20(19)23-12-15(4)22/h7,9,11,13-15,17-18,23H,6,8,10,12,22H2,1-5H3,(H,24,25)/t14-,15-,17+,18-/m1/s1. The second kappa shape index (κ2) is 9.26. The lowest BCUT2D eigenvalue weighted by Gasteiger charge is -2.36. The molecule has 0 aromatic heterocycles. The smallest absolute Gasteiger partial charge is 0.227 e. The summed E-state index contributed by atoms with van der Waals surface area (Å²) < 4.78 is 5.32. The molecule has 1 amide bonds. The maximum absolute atomic E-state index is 13.1. The van der Waals surface area contributed by atoms with Crippen LogP contribution >= 0.6 is 0 Å². The number of anilines is 2. The molecule has 1 aromatic rings. The highest BCUT2D eigenvalue weighted by Crippen LogP contribution is 2.39. The van der Waals surface area contributed by atoms with Crippen LogP contribution in [0.3, 0.4) is 0 Å². The van der Waals surface area contributed by atoms with Crippen LogP contribution in [-0.2, 0) is 4.79 Å². The Labute approximate surface area is 158 Å². The second-order valence-electron chi connectivity index (χ2n) is 8.19. The first-order valence-corrected chi connectivity index (χ1v) is 9.80. The average molecular weight is 362 g/mol. The van der Waals surface area contributed by atoms with Gasteiger partial charge < -0.3 is 21.1 Å². The molecule has 0 bridgehead atoms. The summed E-state index contributed by atoms with van der Waals surface area (Å²) in [4.78, 5) is 13.1. The van der Waals surface area contributed by atoms with Crippen LogP contribution in [0, 0.1) is 23.7 Å². The number of ether oxygens (including phenoxy) is 1. The van der Waals surface area contributed by atoms with E-state index in [4.69, 9.17) is 10.5 Å². The molecule has 0 saturated heterocycles. The summed E-state index contributed by atoms with van der Waals surface area (Å²) in [6.45, 7) is 9.28. The molecule has 4 atom stereocenters. The fourth-order valence-electron chi connectivity index (χ4n) is 3.91. The average Bonchev–Trinajstić information content (AvgIpc) is 2.60. The fraction of sp³-hybridized carbons (Fsp3) is 0.667. The number of hydrogen-bond donors (Lipinski definition) is 3. The van der Waals surface area contributed by atoms with Crippen molar-refractivity contribution in [2.45, 2.75) is 53.0 Å². The van der Waals surface area contributed by atoms with E-state index >= 15 is 0 Å². The molecule has 0 spiro atoms. The predicted molar refractivity (Wildman–Crippen MR) is 109 cm³/mol. The van der Waals surface area contributed by atoms with Gasteiger partial charge in [0, 0.05) is 24.6 Å². The van der Waals surface area contributed by atoms with Gasteiger partial charge in [-0.2, -0.15) is 0 Å². The number of amides is 1. The molecule has 2 rings (SSSR count). The molecule has 1 saturated carbocycles. The van der Waals surface area contributed by atoms with Gasteiger partial charge in [-0.1, -0.05) is 27.2 Å². The number of nitrogens with two attached hydrogens (primary N) is 1. The first-order valence-electron chi connectivity index (χ1n) is 9.80. The largest absolute Gasteiger partial charge is 0.497 e. The van der Waals surface area contributed by atoms with E-state index in [9.17, 15) is 4.79 Å². The fourth-order valence-corrected chi connectivity index (χ4v) is 3.91. The third kappa shape index (κ3) is 5.37. The van der Waals surface area contributed by atoms with Crippen molar-refractivity contribution in [3.05, 3.63) is 18.2 Å². The van der Waals surface area contributed by atoms with Gasteiger partial charge in [-0.25, -0.2) is 0 Å². The van der Waals surface area contributed by atoms with Crippen LogP contribution in [0.25, 0.3) is 0 Å². The normalized spacial score (nSPS) is 24.2. The van der Waals surface area contributed by atoms with E-state index in [2.05, 4.69) is 31.4 Å². The first kappa shape index (κ1) is 20.6. The number of carbonyl (C=O) groups excluding carboxylic acids is 1. The van der Waals surface area contributed by atoms with Crippen LogP contribution in [0.1, 0.15) is 47.0 Å². The number of benzene rings is 1. The topological polar surface area (TPSA) is 76.4 Å². The molecule has 1 fully saturated rings. The van der Waals surface area contributed by atoms with Crippen molar-refractivity contribution >= 4 is 17.3 Å². The Bertz CT molecular complexity index is 601. The minimum absolute atomic E-state index is 0.0225. The molecule has 5 heteroatoms. The lowest BCUT2D eigenvalue weighted by Crippen LogP contribution is -2.36. The molecule has 0 aliphatic heterocycles. The highest BCUT2D eigenvalue weighted by molar-refractivity contribution is 5.96. The zero-order valence-corrected chi connectivity index (χ0v) is 16.8. The van der Waals surface area contributed by atoms with E-state index < -0.39 is 0 Å². The van der Waals surface area contributed by atoms with Gasteiger partial charge in [0.15, 0.2) is 0 Å². The van der Waals surface area contributed by atoms with E-state index in [1.165, 1.54) is 6.42 Å². The number of methoxy groups -OCH3 is 1. The van der Waals surface area contributed by atoms with Gasteiger partial charge in [0.1, 0.15) is 5.75 Å². The summed E-state index contributed by atoms with van der Waals surface area (Å²) in [5.74, 6) is 2.52. The first-order chi connectivity index (χ1) is 12.3. The molecule has 1 aromatic carbocycles. The molecular formula is C21H35N3O2. The quantitative estimate of drug-likeness (QED) is 0.683. The SMILES string of the molecule is COc1ccc(NC(=O)[C@@H]2C[C@H](C)CC[C@H]2C(C)C)c(NC[C@@H](C)N)c1. The molecule has 1 aliphatic rings. The number of hydrogen-bond acceptors (Lipinski definition) is 4. The molecule has 4 N–H and O–H groups in total. The summed E-state index contributed by atoms with van der Waals surface area (Å²) >= 11 is 0. The highest BCUT2D eigenvalue weighted by Gasteiger charge is 2.35. The van der Waals surface area contributed by atoms with E-state index in [-0.39, 0.29) is 17.9 Å². The van der Waals surface area contributed by atoms with Crippen molar-refractivity contribution in [1.82, 2.24) is 0 Å². The predicted octanol–water partition coefficient (Wildman–Crippen LogP) is 4.10. The summed E-state index contributed by atoms with van der Waals surface area (Å²) in [5, 5.41) is 6.48. The molecule has 26 heavy (non-hydrogen) atoms. The molecule has 146 valence electrons. The summed E-state index contributed by atoms with van der Waals surface area (Å²) in [5.41, 5.74) is 7.50. The molecule has 5 nitrogen and oxygen atoms in total. The lowest BCUT2D eigenvalue weighted by atomic mass is 9.70. The van der Waals surface area contributed by atoms with Crippen LogP contribution < -0.4 is 21.1 Å². The van der Waals surface area contributed by atoms with E-state index in [1.807, 2.05) is 25.1 Å². The van der Waals surface area contributed by atoms with Gasteiger partial charge >= 0.3 is 0 Å². The van der Waals surface area contributed by atoms with Crippen LogP contribution in [0.2, 0.25) is 0 Å². The maximum atomic E-state index is 13.1. The van der Waals surface area contributed by atoms with Crippen molar-refractivity contribution < 1.29 is 9.53 Å². The molecular weight excluding hydrogens is 326 g/mol. The minimum Gasteiger partial charge on any atom is -0.497 e. The van der Waals surface area contributed by atoms with Gasteiger partial charge in [-0.05, 0) is 49.7 Å². The van der Waals surface area contributed by atoms with Crippen molar-refractivity contribution in [3.63, 3.8) is 0 Å². The minimum atomic E-state index is 0.0225. The van der Waals surface area contributed by atoms with Crippen LogP contribution in [0.15, 0.2) is 18.2 Å². The van der Waals surface area contributed by atoms with Crippen LogP contribution in [0.5, 0.6) is 5.75 Å². The van der Waals surface area contributed by atoms with Crippen molar-refractivity contribution in [2.24, 2.45) is 29.4 Å². The number of carbonyl (C=O) groups is 1. The van der Waals surface area contributed by atoms with Crippen molar-refractivity contribution in [1.29, 1.82) is 0 Å². The van der Waals surface area contributed by atoms with Crippen molar-refractivity contribution in [2.75, 3.05) is 24.3 Å². The molecule has 0 radical (unpaired) electrons. The monoisotopic (exact) mass is 361 g/mol. The Morgan fingerprint density at radius 3 is 2.62 bits per heavy atom. The van der Waals surface area contributed by atoms with Crippen molar-refractivity contribution in [3.8, 4) is 5.75 Å². The molecule has 1 aliphatic carbocycles. The van der Waals surface area contributed by atoms with Gasteiger partial charge in [0.05, 0.1) is 18.5 Å². The summed E-state index contributed by atoms with van der Waals surface area (Å²) in [6.07, 6.45) is 3.32. The van der Waals surface area contributed by atoms with E-state index in [1.54, 1.807) is 7.11 Å². The highest BCUT2D eigenvalue weighted by atomic mass is 16.5. The molecule has 0 unspecified atom stereocenters. The summed E-state index contributed by atoms with van der Waals surface area (Å²) in [7, 11) is 1.64. The van der Waals surface area contributed by atoms with Gasteiger partial charge in [0.2, 0.25) is 5.91 Å². The van der Waals surface area contributed by atoms with Gasteiger partial charge in [-0.3, -0.25) is 4.79 Å². The van der Waals surface area contributed by atoms with Gasteiger partial charge in [-0.15, -0.1) is 0 Å². The van der Waals surface area contributed by atoms with Crippen LogP contribution in [-0.4, -0.2) is 25.6 Å². The Balaban J connectivity index is 2.18. The third-order valence-electron chi connectivity index (χ3n) is 5.46. The van der Waals surface area contributed by atoms with Crippen LogP contribution in [0.4, 0.5) is 11.4 Å². The Morgan fingerprint density at radius 2 is 2.00 bits per heavy atom.